The molecule has 1 aliphatic heterocycles. The standard InChI is InChI=1S/C21H25N5S/c1-14(2)10-17(22)12-26-13-27-21(25-26)16-8-9-19-18(11-16)20(24-23-19)15-6-4-3-5-7-15/h3-9,11,14,17H,10,12-13,22H2,1-2H3,(H,23,24)/t17-/m0/s1. The molecular weight excluding hydrogens is 354 g/mol. The first-order chi connectivity index (χ1) is 13.1. The Morgan fingerprint density at radius 2 is 1.96 bits per heavy atom. The molecule has 0 saturated heterocycles. The molecule has 0 saturated carbocycles. The summed E-state index contributed by atoms with van der Waals surface area (Å²) in [6.45, 7) is 5.22. The summed E-state index contributed by atoms with van der Waals surface area (Å²) in [5.74, 6) is 1.47. The second-order valence-electron chi connectivity index (χ2n) is 7.46. The van der Waals surface area contributed by atoms with E-state index in [9.17, 15) is 0 Å². The number of aromatic nitrogens is 2. The van der Waals surface area contributed by atoms with Gasteiger partial charge in [0.05, 0.1) is 23.6 Å². The quantitative estimate of drug-likeness (QED) is 0.671. The average molecular weight is 380 g/mol. The van der Waals surface area contributed by atoms with Crippen LogP contribution in [0.25, 0.3) is 22.2 Å². The number of aromatic amines is 1. The zero-order chi connectivity index (χ0) is 18.8. The summed E-state index contributed by atoms with van der Waals surface area (Å²) < 4.78 is 0. The lowest BCUT2D eigenvalue weighted by Gasteiger charge is -2.19. The van der Waals surface area contributed by atoms with E-state index in [1.54, 1.807) is 11.8 Å². The van der Waals surface area contributed by atoms with Crippen LogP contribution in [-0.2, 0) is 0 Å². The van der Waals surface area contributed by atoms with Gasteiger partial charge in [-0.2, -0.15) is 10.2 Å². The molecule has 1 atom stereocenters. The van der Waals surface area contributed by atoms with E-state index < -0.39 is 0 Å². The predicted octanol–water partition coefficient (Wildman–Crippen LogP) is 4.27. The third kappa shape index (κ3) is 4.01. The van der Waals surface area contributed by atoms with Crippen LogP contribution < -0.4 is 5.73 Å². The third-order valence-corrected chi connectivity index (χ3v) is 5.68. The molecule has 3 N–H and O–H groups in total. The van der Waals surface area contributed by atoms with Crippen molar-refractivity contribution in [3.63, 3.8) is 0 Å². The molecule has 0 aliphatic carbocycles. The molecular formula is C21H25N5S. The van der Waals surface area contributed by atoms with Gasteiger partial charge in [-0.15, -0.1) is 0 Å². The smallest absolute Gasteiger partial charge is 0.125 e. The van der Waals surface area contributed by atoms with Gasteiger partial charge < -0.3 is 5.73 Å². The monoisotopic (exact) mass is 379 g/mol. The van der Waals surface area contributed by atoms with Gasteiger partial charge >= 0.3 is 0 Å². The van der Waals surface area contributed by atoms with Gasteiger partial charge in [-0.05, 0) is 24.5 Å². The van der Waals surface area contributed by atoms with Crippen LogP contribution in [0, 0.1) is 5.92 Å². The molecule has 5 nitrogen and oxygen atoms in total. The molecule has 0 unspecified atom stereocenters. The zero-order valence-corrected chi connectivity index (χ0v) is 16.5. The van der Waals surface area contributed by atoms with Gasteiger partial charge in [-0.3, -0.25) is 10.1 Å². The van der Waals surface area contributed by atoms with Crippen LogP contribution in [0.5, 0.6) is 0 Å². The number of benzene rings is 2. The number of hydrogen-bond donors (Lipinski definition) is 2. The number of fused-ring (bicyclic) bond motifs is 1. The van der Waals surface area contributed by atoms with Gasteiger partial charge in [0.1, 0.15) is 5.04 Å². The molecule has 4 rings (SSSR count). The van der Waals surface area contributed by atoms with Crippen molar-refractivity contribution in [2.45, 2.75) is 26.3 Å². The molecule has 27 heavy (non-hydrogen) atoms. The highest BCUT2D eigenvalue weighted by atomic mass is 32.2. The maximum absolute atomic E-state index is 6.25. The number of hydrazone groups is 1. The fraction of sp³-hybridized carbons (Fsp3) is 0.333. The fourth-order valence-corrected chi connectivity index (χ4v) is 4.37. The largest absolute Gasteiger partial charge is 0.326 e. The lowest BCUT2D eigenvalue weighted by Crippen LogP contribution is -2.34. The summed E-state index contributed by atoms with van der Waals surface area (Å²) in [6, 6.07) is 16.8. The maximum atomic E-state index is 6.25. The first kappa shape index (κ1) is 18.1. The van der Waals surface area contributed by atoms with Crippen LogP contribution in [-0.4, -0.2) is 38.7 Å². The van der Waals surface area contributed by atoms with Gasteiger partial charge in [0.2, 0.25) is 0 Å². The normalized spacial score (nSPS) is 15.6. The lowest BCUT2D eigenvalue weighted by molar-refractivity contribution is 0.302. The Labute approximate surface area is 164 Å². The first-order valence-electron chi connectivity index (χ1n) is 9.36. The zero-order valence-electron chi connectivity index (χ0n) is 15.7. The molecule has 6 heteroatoms. The van der Waals surface area contributed by atoms with Crippen molar-refractivity contribution in [3.05, 3.63) is 54.1 Å². The number of rotatable bonds is 6. The Kier molecular flexibility index (Phi) is 5.18. The van der Waals surface area contributed by atoms with Crippen LogP contribution in [0.15, 0.2) is 53.6 Å². The highest BCUT2D eigenvalue weighted by Crippen LogP contribution is 2.30. The summed E-state index contributed by atoms with van der Waals surface area (Å²) in [5, 5.41) is 16.7. The van der Waals surface area contributed by atoms with Gasteiger partial charge in [0, 0.05) is 22.6 Å². The van der Waals surface area contributed by atoms with E-state index in [1.807, 2.05) is 18.2 Å². The molecule has 1 aromatic heterocycles. The Morgan fingerprint density at radius 3 is 2.74 bits per heavy atom. The Bertz CT molecular complexity index is 948. The van der Waals surface area contributed by atoms with Crippen molar-refractivity contribution in [2.24, 2.45) is 16.8 Å². The Hall–Kier alpha value is -2.31. The SMILES string of the molecule is CC(C)C[C@H](N)CN1CSC(c2ccc3[nH]nc(-c4ccccc4)c3c2)=N1. The molecule has 0 bridgehead atoms. The van der Waals surface area contributed by atoms with Crippen LogP contribution in [0.2, 0.25) is 0 Å². The van der Waals surface area contributed by atoms with Crippen LogP contribution in [0.3, 0.4) is 0 Å². The highest BCUT2D eigenvalue weighted by molar-refractivity contribution is 8.14. The van der Waals surface area contributed by atoms with Gasteiger partial charge in [0.25, 0.3) is 0 Å². The minimum atomic E-state index is 0.162. The minimum Gasteiger partial charge on any atom is -0.326 e. The van der Waals surface area contributed by atoms with Crippen LogP contribution >= 0.6 is 11.8 Å². The van der Waals surface area contributed by atoms with Crippen molar-refractivity contribution in [1.82, 2.24) is 15.2 Å². The number of thioether (sulfide) groups is 1. The summed E-state index contributed by atoms with van der Waals surface area (Å²) >= 11 is 1.77. The molecule has 1 aliphatic rings. The number of nitrogens with two attached hydrogens (primary N) is 1. The van der Waals surface area contributed by atoms with E-state index >= 15 is 0 Å². The van der Waals surface area contributed by atoms with E-state index in [2.05, 4.69) is 59.4 Å². The van der Waals surface area contributed by atoms with Crippen LogP contribution in [0.1, 0.15) is 25.8 Å². The second-order valence-corrected chi connectivity index (χ2v) is 8.39. The highest BCUT2D eigenvalue weighted by Gasteiger charge is 2.20. The van der Waals surface area contributed by atoms with E-state index in [0.717, 1.165) is 51.6 Å². The summed E-state index contributed by atoms with van der Waals surface area (Å²) in [6.07, 6.45) is 1.02. The van der Waals surface area contributed by atoms with E-state index in [0.29, 0.717) is 5.92 Å². The number of hydrogen-bond acceptors (Lipinski definition) is 5. The molecule has 0 spiro atoms. The lowest BCUT2D eigenvalue weighted by atomic mass is 10.0. The fourth-order valence-electron chi connectivity index (χ4n) is 3.47. The van der Waals surface area contributed by atoms with Crippen molar-refractivity contribution in [1.29, 1.82) is 0 Å². The Balaban J connectivity index is 1.58. The van der Waals surface area contributed by atoms with Crippen molar-refractivity contribution >= 4 is 27.7 Å². The topological polar surface area (TPSA) is 70.3 Å². The van der Waals surface area contributed by atoms with Crippen molar-refractivity contribution in [2.75, 3.05) is 12.4 Å². The summed E-state index contributed by atoms with van der Waals surface area (Å²) in [5.41, 5.74) is 10.5. The molecule has 3 aromatic rings. The molecule has 140 valence electrons. The van der Waals surface area contributed by atoms with Crippen LogP contribution in [0.4, 0.5) is 0 Å². The second kappa shape index (κ2) is 7.74. The number of nitrogens with zero attached hydrogens (tertiary/aromatic N) is 3. The van der Waals surface area contributed by atoms with Gasteiger partial charge in [-0.1, -0.05) is 62.0 Å². The maximum Gasteiger partial charge on any atom is 0.125 e. The molecule has 2 heterocycles. The Morgan fingerprint density at radius 1 is 1.15 bits per heavy atom. The average Bonchev–Trinajstić information content (AvgIpc) is 3.28. The van der Waals surface area contributed by atoms with Crippen molar-refractivity contribution in [3.8, 4) is 11.3 Å². The number of nitrogens with one attached hydrogen (secondary N) is 1. The molecule has 0 amide bonds. The van der Waals surface area contributed by atoms with Gasteiger partial charge in [0.15, 0.2) is 0 Å². The first-order valence-corrected chi connectivity index (χ1v) is 10.3. The summed E-state index contributed by atoms with van der Waals surface area (Å²) in [7, 11) is 0. The minimum absolute atomic E-state index is 0.162. The van der Waals surface area contributed by atoms with E-state index in [-0.39, 0.29) is 6.04 Å². The van der Waals surface area contributed by atoms with E-state index in [1.165, 1.54) is 0 Å². The summed E-state index contributed by atoms with van der Waals surface area (Å²) in [4.78, 5) is 0. The van der Waals surface area contributed by atoms with E-state index in [4.69, 9.17) is 10.8 Å². The van der Waals surface area contributed by atoms with Crippen molar-refractivity contribution < 1.29 is 0 Å². The van der Waals surface area contributed by atoms with Gasteiger partial charge in [-0.25, -0.2) is 0 Å². The molecule has 0 radical (unpaired) electrons. The predicted molar refractivity (Wildman–Crippen MR) is 115 cm³/mol. The molecule has 2 aromatic carbocycles. The number of H-pyrrole nitrogens is 1. The molecule has 0 fully saturated rings. The third-order valence-electron chi connectivity index (χ3n) is 4.66.